The maximum atomic E-state index is 6.00. The predicted octanol–water partition coefficient (Wildman–Crippen LogP) is 5.37. The van der Waals surface area contributed by atoms with Crippen molar-refractivity contribution in [3.05, 3.63) is 71.5 Å². The third-order valence-electron chi connectivity index (χ3n) is 4.48. The van der Waals surface area contributed by atoms with Gasteiger partial charge < -0.3 is 9.84 Å². The topological polar surface area (TPSA) is 63.8 Å². The lowest BCUT2D eigenvalue weighted by Gasteiger charge is -2.15. The van der Waals surface area contributed by atoms with Crippen molar-refractivity contribution < 1.29 is 4.52 Å². The van der Waals surface area contributed by atoms with Crippen molar-refractivity contribution >= 4 is 28.5 Å². The lowest BCUT2D eigenvalue weighted by molar-refractivity contribution is 0.451. The first-order chi connectivity index (χ1) is 13.2. The van der Waals surface area contributed by atoms with E-state index >= 15 is 0 Å². The molecule has 1 atom stereocenters. The van der Waals surface area contributed by atoms with Crippen molar-refractivity contribution in [2.45, 2.75) is 25.8 Å². The van der Waals surface area contributed by atoms with Gasteiger partial charge in [-0.3, -0.25) is 0 Å². The standard InChI is InChI=1S/C21H19ClN4O/c1-14(7-8-15-5-3-2-4-6-15)25-20-18-19(16-9-11-17(22)12-10-16)26-27-21(18)24-13-23-20/h2-6,9-14H,7-8H2,1H3,(H,23,24,25). The van der Waals surface area contributed by atoms with E-state index in [-0.39, 0.29) is 6.04 Å². The van der Waals surface area contributed by atoms with Gasteiger partial charge in [-0.25, -0.2) is 4.98 Å². The van der Waals surface area contributed by atoms with E-state index in [9.17, 15) is 0 Å². The van der Waals surface area contributed by atoms with Crippen LogP contribution in [0.5, 0.6) is 0 Å². The van der Waals surface area contributed by atoms with Crippen LogP contribution in [-0.4, -0.2) is 21.2 Å². The summed E-state index contributed by atoms with van der Waals surface area (Å²) in [5.41, 5.74) is 3.41. The zero-order chi connectivity index (χ0) is 18.6. The van der Waals surface area contributed by atoms with E-state index in [4.69, 9.17) is 16.1 Å². The number of halogens is 1. The minimum atomic E-state index is 0.233. The first-order valence-electron chi connectivity index (χ1n) is 8.87. The first-order valence-corrected chi connectivity index (χ1v) is 9.25. The van der Waals surface area contributed by atoms with Crippen LogP contribution in [0, 0.1) is 0 Å². The van der Waals surface area contributed by atoms with E-state index in [2.05, 4.69) is 51.6 Å². The molecule has 27 heavy (non-hydrogen) atoms. The molecular weight excluding hydrogens is 360 g/mol. The van der Waals surface area contributed by atoms with Gasteiger partial charge in [-0.05, 0) is 37.5 Å². The fourth-order valence-electron chi connectivity index (χ4n) is 3.03. The number of nitrogens with one attached hydrogen (secondary N) is 1. The molecule has 1 N–H and O–H groups in total. The molecule has 0 spiro atoms. The van der Waals surface area contributed by atoms with E-state index in [1.165, 1.54) is 11.9 Å². The summed E-state index contributed by atoms with van der Waals surface area (Å²) in [7, 11) is 0. The van der Waals surface area contributed by atoms with Crippen molar-refractivity contribution in [2.24, 2.45) is 0 Å². The minimum absolute atomic E-state index is 0.233. The van der Waals surface area contributed by atoms with E-state index in [1.807, 2.05) is 30.3 Å². The summed E-state index contributed by atoms with van der Waals surface area (Å²) in [5, 5.41) is 9.14. The number of rotatable bonds is 6. The summed E-state index contributed by atoms with van der Waals surface area (Å²) in [5.74, 6) is 0.728. The number of hydrogen-bond donors (Lipinski definition) is 1. The van der Waals surface area contributed by atoms with Crippen molar-refractivity contribution in [2.75, 3.05) is 5.32 Å². The van der Waals surface area contributed by atoms with Gasteiger partial charge in [0, 0.05) is 16.6 Å². The molecule has 0 saturated carbocycles. The van der Waals surface area contributed by atoms with E-state index < -0.39 is 0 Å². The molecule has 0 radical (unpaired) electrons. The van der Waals surface area contributed by atoms with Gasteiger partial charge >= 0.3 is 0 Å². The molecule has 0 aliphatic rings. The van der Waals surface area contributed by atoms with Gasteiger partial charge in [0.15, 0.2) is 0 Å². The molecule has 0 saturated heterocycles. The van der Waals surface area contributed by atoms with Gasteiger partial charge in [0.1, 0.15) is 23.2 Å². The molecule has 2 heterocycles. The second-order valence-electron chi connectivity index (χ2n) is 6.51. The molecule has 6 heteroatoms. The normalized spacial score (nSPS) is 12.2. The molecule has 0 amide bonds. The van der Waals surface area contributed by atoms with Crippen molar-refractivity contribution in [3.63, 3.8) is 0 Å². The summed E-state index contributed by atoms with van der Waals surface area (Å²) < 4.78 is 5.41. The Balaban J connectivity index is 1.58. The highest BCUT2D eigenvalue weighted by molar-refractivity contribution is 6.30. The van der Waals surface area contributed by atoms with Crippen molar-refractivity contribution in [3.8, 4) is 11.3 Å². The van der Waals surface area contributed by atoms with Crippen LogP contribution in [0.2, 0.25) is 5.02 Å². The molecular formula is C21H19ClN4O. The molecule has 136 valence electrons. The number of anilines is 1. The highest BCUT2D eigenvalue weighted by Crippen LogP contribution is 2.32. The molecule has 2 aromatic carbocycles. The molecule has 2 aromatic heterocycles. The van der Waals surface area contributed by atoms with Crippen LogP contribution in [0.1, 0.15) is 18.9 Å². The molecule has 1 unspecified atom stereocenters. The molecule has 0 aliphatic carbocycles. The molecule has 5 nitrogen and oxygen atoms in total. The fourth-order valence-corrected chi connectivity index (χ4v) is 3.16. The van der Waals surface area contributed by atoms with E-state index in [1.54, 1.807) is 0 Å². The van der Waals surface area contributed by atoms with Crippen LogP contribution in [0.4, 0.5) is 5.82 Å². The largest absolute Gasteiger partial charge is 0.367 e. The Bertz CT molecular complexity index is 1030. The van der Waals surface area contributed by atoms with Crippen LogP contribution in [0.15, 0.2) is 65.4 Å². The van der Waals surface area contributed by atoms with Gasteiger partial charge in [0.05, 0.1) is 0 Å². The maximum Gasteiger partial charge on any atom is 0.263 e. The Morgan fingerprint density at radius 1 is 1.04 bits per heavy atom. The number of benzene rings is 2. The number of aromatic nitrogens is 3. The smallest absolute Gasteiger partial charge is 0.263 e. The summed E-state index contributed by atoms with van der Waals surface area (Å²) in [4.78, 5) is 8.63. The average Bonchev–Trinajstić information content (AvgIpc) is 3.13. The highest BCUT2D eigenvalue weighted by Gasteiger charge is 2.18. The number of aryl methyl sites for hydroxylation is 1. The van der Waals surface area contributed by atoms with Gasteiger partial charge in [0.2, 0.25) is 0 Å². The van der Waals surface area contributed by atoms with Crippen LogP contribution in [0.3, 0.4) is 0 Å². The Morgan fingerprint density at radius 3 is 2.59 bits per heavy atom. The Hall–Kier alpha value is -2.92. The second kappa shape index (κ2) is 7.76. The molecule has 0 aliphatic heterocycles. The molecule has 4 aromatic rings. The van der Waals surface area contributed by atoms with Crippen LogP contribution < -0.4 is 5.32 Å². The third-order valence-corrected chi connectivity index (χ3v) is 4.73. The highest BCUT2D eigenvalue weighted by atomic mass is 35.5. The van der Waals surface area contributed by atoms with E-state index in [0.717, 1.165) is 29.6 Å². The van der Waals surface area contributed by atoms with Crippen LogP contribution >= 0.6 is 11.6 Å². The number of fused-ring (bicyclic) bond motifs is 1. The molecule has 4 rings (SSSR count). The van der Waals surface area contributed by atoms with Crippen LogP contribution in [-0.2, 0) is 6.42 Å². The quantitative estimate of drug-likeness (QED) is 0.488. The van der Waals surface area contributed by atoms with E-state index in [0.29, 0.717) is 16.4 Å². The number of hydrogen-bond acceptors (Lipinski definition) is 5. The zero-order valence-corrected chi connectivity index (χ0v) is 15.6. The second-order valence-corrected chi connectivity index (χ2v) is 6.95. The summed E-state index contributed by atoms with van der Waals surface area (Å²) in [6.45, 7) is 2.15. The SMILES string of the molecule is CC(CCc1ccccc1)Nc1ncnc2onc(-c3ccc(Cl)cc3)c12. The summed E-state index contributed by atoms with van der Waals surface area (Å²) in [6.07, 6.45) is 3.47. The Morgan fingerprint density at radius 2 is 1.81 bits per heavy atom. The van der Waals surface area contributed by atoms with Gasteiger partial charge in [-0.2, -0.15) is 4.98 Å². The minimum Gasteiger partial charge on any atom is -0.367 e. The fraction of sp³-hybridized carbons (Fsp3) is 0.190. The lowest BCUT2D eigenvalue weighted by atomic mass is 10.1. The average molecular weight is 379 g/mol. The van der Waals surface area contributed by atoms with Gasteiger partial charge in [-0.1, -0.05) is 59.2 Å². The Kier molecular flexibility index (Phi) is 5.03. The van der Waals surface area contributed by atoms with Gasteiger partial charge in [-0.15, -0.1) is 0 Å². The molecule has 0 fully saturated rings. The molecule has 0 bridgehead atoms. The monoisotopic (exact) mass is 378 g/mol. The van der Waals surface area contributed by atoms with Crippen molar-refractivity contribution in [1.82, 2.24) is 15.1 Å². The summed E-state index contributed by atoms with van der Waals surface area (Å²) in [6, 6.07) is 18.2. The lowest BCUT2D eigenvalue weighted by Crippen LogP contribution is -2.17. The maximum absolute atomic E-state index is 6.00. The van der Waals surface area contributed by atoms with Crippen molar-refractivity contribution in [1.29, 1.82) is 0 Å². The van der Waals surface area contributed by atoms with Gasteiger partial charge in [0.25, 0.3) is 5.71 Å². The number of nitrogens with zero attached hydrogens (tertiary/aromatic N) is 3. The first kappa shape index (κ1) is 17.5. The third kappa shape index (κ3) is 3.93. The summed E-state index contributed by atoms with van der Waals surface area (Å²) >= 11 is 6.00. The predicted molar refractivity (Wildman–Crippen MR) is 108 cm³/mol. The Labute approximate surface area is 162 Å². The zero-order valence-electron chi connectivity index (χ0n) is 14.9. The van der Waals surface area contributed by atoms with Crippen LogP contribution in [0.25, 0.3) is 22.4 Å².